The van der Waals surface area contributed by atoms with Crippen molar-refractivity contribution in [1.29, 1.82) is 0 Å². The summed E-state index contributed by atoms with van der Waals surface area (Å²) in [6.45, 7) is 6.12. The van der Waals surface area contributed by atoms with Crippen molar-refractivity contribution in [3.8, 4) is 0 Å². The number of rotatable bonds is 8. The molecule has 1 rings (SSSR count). The molecule has 0 aliphatic carbocycles. The molecule has 0 radical (unpaired) electrons. The molecular weight excluding hydrogens is 228 g/mol. The van der Waals surface area contributed by atoms with E-state index in [4.69, 9.17) is 4.42 Å². The maximum Gasteiger partial charge on any atom is 0.166 e. The molecule has 0 aliphatic heterocycles. The van der Waals surface area contributed by atoms with Crippen LogP contribution >= 0.6 is 0 Å². The van der Waals surface area contributed by atoms with Crippen LogP contribution in [0, 0.1) is 11.8 Å². The molecule has 0 aromatic carbocycles. The summed E-state index contributed by atoms with van der Waals surface area (Å²) in [4.78, 5) is 23.4. The Balaban J connectivity index is 2.27. The molecule has 100 valence electrons. The molecule has 1 heterocycles. The zero-order valence-electron chi connectivity index (χ0n) is 11.4. The SMILES string of the molecule is CC(C)CC(=O)C[C@H](C)CCC(=O)c1ccoc1. The first-order valence-corrected chi connectivity index (χ1v) is 6.56. The average Bonchev–Trinajstić information content (AvgIpc) is 2.77. The molecule has 0 aliphatic rings. The van der Waals surface area contributed by atoms with Crippen LogP contribution in [0.2, 0.25) is 0 Å². The standard InChI is InChI=1S/C15H22O3/c1-11(2)8-14(16)9-12(3)4-5-15(17)13-6-7-18-10-13/h6-7,10-12H,4-5,8-9H2,1-3H3/t12-/m1/s1. The first kappa shape index (κ1) is 14.7. The van der Waals surface area contributed by atoms with Crippen molar-refractivity contribution in [1.82, 2.24) is 0 Å². The van der Waals surface area contributed by atoms with E-state index in [1.165, 1.54) is 12.5 Å². The van der Waals surface area contributed by atoms with Crippen LogP contribution in [0.15, 0.2) is 23.0 Å². The first-order chi connectivity index (χ1) is 8.49. The van der Waals surface area contributed by atoms with Gasteiger partial charge in [0.1, 0.15) is 12.0 Å². The molecule has 0 N–H and O–H groups in total. The van der Waals surface area contributed by atoms with Crippen LogP contribution in [-0.2, 0) is 4.79 Å². The lowest BCUT2D eigenvalue weighted by molar-refractivity contribution is -0.120. The molecule has 0 unspecified atom stereocenters. The molecule has 0 spiro atoms. The molecule has 0 bridgehead atoms. The van der Waals surface area contributed by atoms with Gasteiger partial charge in [0.2, 0.25) is 0 Å². The van der Waals surface area contributed by atoms with Crippen molar-refractivity contribution >= 4 is 11.6 Å². The average molecular weight is 250 g/mol. The Morgan fingerprint density at radius 1 is 1.22 bits per heavy atom. The number of furan rings is 1. The number of hydrogen-bond donors (Lipinski definition) is 0. The van der Waals surface area contributed by atoms with Gasteiger partial charge in [0, 0.05) is 19.3 Å². The van der Waals surface area contributed by atoms with E-state index in [0.29, 0.717) is 36.5 Å². The summed E-state index contributed by atoms with van der Waals surface area (Å²) in [7, 11) is 0. The van der Waals surface area contributed by atoms with Crippen LogP contribution in [0.3, 0.4) is 0 Å². The van der Waals surface area contributed by atoms with Gasteiger partial charge in [0.05, 0.1) is 11.8 Å². The van der Waals surface area contributed by atoms with Crippen molar-refractivity contribution in [3.63, 3.8) is 0 Å². The van der Waals surface area contributed by atoms with Crippen LogP contribution < -0.4 is 0 Å². The highest BCUT2D eigenvalue weighted by molar-refractivity contribution is 5.95. The van der Waals surface area contributed by atoms with E-state index in [9.17, 15) is 9.59 Å². The van der Waals surface area contributed by atoms with E-state index >= 15 is 0 Å². The lowest BCUT2D eigenvalue weighted by Gasteiger charge is -2.10. The molecule has 1 aromatic rings. The van der Waals surface area contributed by atoms with Crippen LogP contribution in [0.5, 0.6) is 0 Å². The van der Waals surface area contributed by atoms with Gasteiger partial charge < -0.3 is 4.42 Å². The molecule has 18 heavy (non-hydrogen) atoms. The van der Waals surface area contributed by atoms with E-state index in [1.807, 2.05) is 20.8 Å². The molecule has 0 amide bonds. The van der Waals surface area contributed by atoms with Crippen molar-refractivity contribution in [2.24, 2.45) is 11.8 Å². The fourth-order valence-electron chi connectivity index (χ4n) is 1.97. The number of Topliss-reactive ketones (excluding diaryl/α,β-unsaturated/α-hetero) is 2. The summed E-state index contributed by atoms with van der Waals surface area (Å²) in [6.07, 6.45) is 5.43. The van der Waals surface area contributed by atoms with Gasteiger partial charge in [0.25, 0.3) is 0 Å². The summed E-state index contributed by atoms with van der Waals surface area (Å²) >= 11 is 0. The summed E-state index contributed by atoms with van der Waals surface area (Å²) < 4.78 is 4.88. The maximum atomic E-state index is 11.7. The van der Waals surface area contributed by atoms with E-state index in [2.05, 4.69) is 0 Å². The Morgan fingerprint density at radius 2 is 1.94 bits per heavy atom. The third-order valence-corrected chi connectivity index (χ3v) is 2.92. The Kier molecular flexibility index (Phi) is 5.83. The highest BCUT2D eigenvalue weighted by Crippen LogP contribution is 2.16. The summed E-state index contributed by atoms with van der Waals surface area (Å²) in [5.74, 6) is 1.07. The maximum absolute atomic E-state index is 11.7. The Bertz CT molecular complexity index is 376. The van der Waals surface area contributed by atoms with E-state index in [1.54, 1.807) is 6.07 Å². The van der Waals surface area contributed by atoms with Gasteiger partial charge in [-0.1, -0.05) is 20.8 Å². The fraction of sp³-hybridized carbons (Fsp3) is 0.600. The number of hydrogen-bond acceptors (Lipinski definition) is 3. The second kappa shape index (κ2) is 7.14. The quantitative estimate of drug-likeness (QED) is 0.658. The summed E-state index contributed by atoms with van der Waals surface area (Å²) in [5.41, 5.74) is 0.621. The zero-order chi connectivity index (χ0) is 13.5. The molecule has 0 fully saturated rings. The highest BCUT2D eigenvalue weighted by atomic mass is 16.3. The van der Waals surface area contributed by atoms with Crippen molar-refractivity contribution in [2.45, 2.75) is 46.5 Å². The van der Waals surface area contributed by atoms with Crippen LogP contribution in [0.25, 0.3) is 0 Å². The monoisotopic (exact) mass is 250 g/mol. The first-order valence-electron chi connectivity index (χ1n) is 6.56. The van der Waals surface area contributed by atoms with Crippen LogP contribution in [-0.4, -0.2) is 11.6 Å². The largest absolute Gasteiger partial charge is 0.472 e. The minimum Gasteiger partial charge on any atom is -0.472 e. The topological polar surface area (TPSA) is 47.3 Å². The molecule has 3 nitrogen and oxygen atoms in total. The second-order valence-corrected chi connectivity index (χ2v) is 5.42. The molecule has 1 aromatic heterocycles. The van der Waals surface area contributed by atoms with Gasteiger partial charge in [-0.2, -0.15) is 0 Å². The van der Waals surface area contributed by atoms with Crippen molar-refractivity contribution < 1.29 is 14.0 Å². The van der Waals surface area contributed by atoms with E-state index in [0.717, 1.165) is 6.42 Å². The van der Waals surface area contributed by atoms with Gasteiger partial charge >= 0.3 is 0 Å². The van der Waals surface area contributed by atoms with E-state index < -0.39 is 0 Å². The summed E-state index contributed by atoms with van der Waals surface area (Å²) in [6, 6.07) is 1.68. The molecule has 0 saturated heterocycles. The van der Waals surface area contributed by atoms with Crippen molar-refractivity contribution in [3.05, 3.63) is 24.2 Å². The van der Waals surface area contributed by atoms with Gasteiger partial charge in [-0.25, -0.2) is 0 Å². The van der Waals surface area contributed by atoms with Crippen molar-refractivity contribution in [2.75, 3.05) is 0 Å². The Labute approximate surface area is 109 Å². The van der Waals surface area contributed by atoms with Crippen LogP contribution in [0.1, 0.15) is 56.8 Å². The molecular formula is C15H22O3. The Morgan fingerprint density at radius 3 is 2.50 bits per heavy atom. The third kappa shape index (κ3) is 5.30. The van der Waals surface area contributed by atoms with Crippen LogP contribution in [0.4, 0.5) is 0 Å². The molecule has 3 heteroatoms. The van der Waals surface area contributed by atoms with E-state index in [-0.39, 0.29) is 11.7 Å². The normalized spacial score (nSPS) is 12.7. The minimum atomic E-state index is 0.0897. The smallest absolute Gasteiger partial charge is 0.166 e. The van der Waals surface area contributed by atoms with Gasteiger partial charge in [0.15, 0.2) is 5.78 Å². The van der Waals surface area contributed by atoms with Gasteiger partial charge in [-0.15, -0.1) is 0 Å². The van der Waals surface area contributed by atoms with Gasteiger partial charge in [-0.3, -0.25) is 9.59 Å². The molecule has 1 atom stereocenters. The summed E-state index contributed by atoms with van der Waals surface area (Å²) in [5, 5.41) is 0. The lowest BCUT2D eigenvalue weighted by Crippen LogP contribution is -2.10. The zero-order valence-corrected chi connectivity index (χ0v) is 11.4. The Hall–Kier alpha value is -1.38. The highest BCUT2D eigenvalue weighted by Gasteiger charge is 2.13. The number of carbonyl (C=O) groups is 2. The minimum absolute atomic E-state index is 0.0897. The number of ketones is 2. The number of carbonyl (C=O) groups excluding carboxylic acids is 2. The predicted molar refractivity (Wildman–Crippen MR) is 70.5 cm³/mol. The predicted octanol–water partition coefficient (Wildman–Crippen LogP) is 3.88. The fourth-order valence-corrected chi connectivity index (χ4v) is 1.97. The third-order valence-electron chi connectivity index (χ3n) is 2.92. The lowest BCUT2D eigenvalue weighted by atomic mass is 9.93. The second-order valence-electron chi connectivity index (χ2n) is 5.42. The van der Waals surface area contributed by atoms with Gasteiger partial charge in [-0.05, 0) is 24.3 Å². The molecule has 0 saturated carbocycles.